The second kappa shape index (κ2) is 17.9. The summed E-state index contributed by atoms with van der Waals surface area (Å²) in [4.78, 5) is 24.9. The number of rotatable bonds is 17. The Morgan fingerprint density at radius 2 is 1.37 bits per heavy atom. The zero-order valence-electron chi connectivity index (χ0n) is 17.8. The van der Waals surface area contributed by atoms with E-state index in [0.717, 1.165) is 12.8 Å². The van der Waals surface area contributed by atoms with Crippen LogP contribution < -0.4 is 0 Å². The lowest BCUT2D eigenvalue weighted by molar-refractivity contribution is -0.148. The van der Waals surface area contributed by atoms with E-state index in [-0.39, 0.29) is 6.61 Å². The molecule has 5 nitrogen and oxygen atoms in total. The molecule has 0 aromatic rings. The van der Waals surface area contributed by atoms with Crippen LogP contribution in [0.2, 0.25) is 0 Å². The van der Waals surface area contributed by atoms with Gasteiger partial charge in [-0.3, -0.25) is 4.90 Å². The number of carbonyl (C=O) groups excluding carboxylic acids is 2. The molecule has 1 atom stereocenters. The molecule has 0 aliphatic rings. The summed E-state index contributed by atoms with van der Waals surface area (Å²) in [7, 11) is 1.53. The van der Waals surface area contributed by atoms with Crippen LogP contribution in [0, 0.1) is 0 Å². The van der Waals surface area contributed by atoms with E-state index in [9.17, 15) is 9.59 Å². The molecule has 0 saturated heterocycles. The van der Waals surface area contributed by atoms with Gasteiger partial charge in [0, 0.05) is 7.05 Å². The summed E-state index contributed by atoms with van der Waals surface area (Å²) in [5, 5.41) is 0. The Balaban J connectivity index is 3.54. The van der Waals surface area contributed by atoms with Gasteiger partial charge >= 0.3 is 12.1 Å². The van der Waals surface area contributed by atoms with Crippen molar-refractivity contribution in [2.75, 3.05) is 20.3 Å². The first-order valence-corrected chi connectivity index (χ1v) is 10.7. The number of esters is 1. The van der Waals surface area contributed by atoms with Gasteiger partial charge in [-0.25, -0.2) is 9.59 Å². The van der Waals surface area contributed by atoms with Crippen LogP contribution in [0.4, 0.5) is 4.79 Å². The van der Waals surface area contributed by atoms with Gasteiger partial charge in [0.05, 0.1) is 6.61 Å². The standard InChI is InChI=1S/C22H41NO4/c1-5-7-8-9-10-11-12-13-14-15-16-17-19-26-21(24)20(3)23(4)22(25)27-18-6-2/h6,20H,2,5,7-19H2,1,3-4H3. The van der Waals surface area contributed by atoms with Crippen molar-refractivity contribution in [1.82, 2.24) is 4.90 Å². The zero-order chi connectivity index (χ0) is 20.3. The second-order valence-electron chi connectivity index (χ2n) is 7.21. The molecule has 0 fully saturated rings. The van der Waals surface area contributed by atoms with Crippen molar-refractivity contribution in [2.24, 2.45) is 0 Å². The molecular formula is C22H41NO4. The summed E-state index contributed by atoms with van der Waals surface area (Å²) < 4.78 is 10.2. The smallest absolute Gasteiger partial charge is 0.410 e. The Morgan fingerprint density at radius 3 is 1.85 bits per heavy atom. The van der Waals surface area contributed by atoms with Gasteiger partial charge < -0.3 is 9.47 Å². The SMILES string of the molecule is C=CCOC(=O)N(C)C(C)C(=O)OCCCCCCCCCCCCCC. The van der Waals surface area contributed by atoms with Crippen molar-refractivity contribution in [1.29, 1.82) is 0 Å². The summed E-state index contributed by atoms with van der Waals surface area (Å²) >= 11 is 0. The summed E-state index contributed by atoms with van der Waals surface area (Å²) in [6.07, 6.45) is 16.2. The second-order valence-corrected chi connectivity index (χ2v) is 7.21. The Labute approximate surface area is 166 Å². The number of nitrogens with zero attached hydrogens (tertiary/aromatic N) is 1. The lowest BCUT2D eigenvalue weighted by Crippen LogP contribution is -2.41. The summed E-state index contributed by atoms with van der Waals surface area (Å²) in [6.45, 7) is 7.92. The highest BCUT2D eigenvalue weighted by molar-refractivity contribution is 5.80. The van der Waals surface area contributed by atoms with Gasteiger partial charge in [-0.1, -0.05) is 90.2 Å². The largest absolute Gasteiger partial charge is 0.464 e. The molecule has 0 saturated carbocycles. The highest BCUT2D eigenvalue weighted by atomic mass is 16.6. The summed E-state index contributed by atoms with van der Waals surface area (Å²) in [6, 6.07) is -0.653. The van der Waals surface area contributed by atoms with Gasteiger partial charge in [0.1, 0.15) is 12.6 Å². The highest BCUT2D eigenvalue weighted by Crippen LogP contribution is 2.12. The van der Waals surface area contributed by atoms with Crippen LogP contribution in [-0.2, 0) is 14.3 Å². The fraction of sp³-hybridized carbons (Fsp3) is 0.818. The fourth-order valence-electron chi connectivity index (χ4n) is 2.78. The van der Waals surface area contributed by atoms with Crippen molar-refractivity contribution in [3.05, 3.63) is 12.7 Å². The van der Waals surface area contributed by atoms with Crippen molar-refractivity contribution >= 4 is 12.1 Å². The van der Waals surface area contributed by atoms with Gasteiger partial charge in [-0.2, -0.15) is 0 Å². The van der Waals surface area contributed by atoms with E-state index >= 15 is 0 Å². The van der Waals surface area contributed by atoms with Crippen molar-refractivity contribution < 1.29 is 19.1 Å². The topological polar surface area (TPSA) is 55.8 Å². The molecule has 0 spiro atoms. The molecule has 0 radical (unpaired) electrons. The van der Waals surface area contributed by atoms with E-state index in [0.29, 0.717) is 6.61 Å². The zero-order valence-corrected chi connectivity index (χ0v) is 17.8. The first-order chi connectivity index (χ1) is 13.0. The number of carbonyl (C=O) groups is 2. The summed E-state index contributed by atoms with van der Waals surface area (Å²) in [5.41, 5.74) is 0. The minimum atomic E-state index is -0.653. The molecule has 0 bridgehead atoms. The lowest BCUT2D eigenvalue weighted by Gasteiger charge is -2.22. The maximum atomic E-state index is 12.0. The molecule has 0 aliphatic carbocycles. The molecule has 0 N–H and O–H groups in total. The molecule has 5 heteroatoms. The average molecular weight is 384 g/mol. The normalized spacial score (nSPS) is 11.7. The molecule has 0 heterocycles. The van der Waals surface area contributed by atoms with E-state index in [4.69, 9.17) is 9.47 Å². The van der Waals surface area contributed by atoms with Gasteiger partial charge in [-0.15, -0.1) is 0 Å². The number of hydrogen-bond donors (Lipinski definition) is 0. The van der Waals surface area contributed by atoms with E-state index < -0.39 is 18.1 Å². The predicted octanol–water partition coefficient (Wildman–Crippen LogP) is 5.87. The third-order valence-corrected chi connectivity index (χ3v) is 4.78. The van der Waals surface area contributed by atoms with Crippen molar-refractivity contribution in [2.45, 2.75) is 96.9 Å². The monoisotopic (exact) mass is 383 g/mol. The Kier molecular flexibility index (Phi) is 16.9. The number of unbranched alkanes of at least 4 members (excludes halogenated alkanes) is 11. The molecule has 0 aliphatic heterocycles. The Hall–Kier alpha value is -1.52. The maximum absolute atomic E-state index is 12.0. The fourth-order valence-corrected chi connectivity index (χ4v) is 2.78. The molecular weight excluding hydrogens is 342 g/mol. The molecule has 0 rings (SSSR count). The minimum absolute atomic E-state index is 0.129. The number of likely N-dealkylation sites (N-methyl/N-ethyl adjacent to an activating group) is 1. The molecule has 0 aromatic heterocycles. The maximum Gasteiger partial charge on any atom is 0.410 e. The first-order valence-electron chi connectivity index (χ1n) is 10.7. The van der Waals surface area contributed by atoms with Gasteiger partial charge in [0.25, 0.3) is 0 Å². The van der Waals surface area contributed by atoms with E-state index in [1.54, 1.807) is 6.92 Å². The van der Waals surface area contributed by atoms with Crippen LogP contribution in [0.3, 0.4) is 0 Å². The minimum Gasteiger partial charge on any atom is -0.464 e. The highest BCUT2D eigenvalue weighted by Gasteiger charge is 2.24. The van der Waals surface area contributed by atoms with Crippen LogP contribution in [0.1, 0.15) is 90.9 Å². The Morgan fingerprint density at radius 1 is 0.889 bits per heavy atom. The third kappa shape index (κ3) is 14.2. The van der Waals surface area contributed by atoms with Crippen LogP contribution >= 0.6 is 0 Å². The predicted molar refractivity (Wildman–Crippen MR) is 111 cm³/mol. The van der Waals surface area contributed by atoms with Gasteiger partial charge in [0.15, 0.2) is 0 Å². The molecule has 27 heavy (non-hydrogen) atoms. The first kappa shape index (κ1) is 25.5. The summed E-state index contributed by atoms with van der Waals surface area (Å²) in [5.74, 6) is -0.392. The van der Waals surface area contributed by atoms with E-state index in [2.05, 4.69) is 13.5 Å². The van der Waals surface area contributed by atoms with Crippen molar-refractivity contribution in [3.8, 4) is 0 Å². The van der Waals surface area contributed by atoms with Crippen LogP contribution in [-0.4, -0.2) is 43.3 Å². The lowest BCUT2D eigenvalue weighted by atomic mass is 10.1. The number of ether oxygens (including phenoxy) is 2. The van der Waals surface area contributed by atoms with Crippen LogP contribution in [0.5, 0.6) is 0 Å². The number of amides is 1. The average Bonchev–Trinajstić information content (AvgIpc) is 2.68. The van der Waals surface area contributed by atoms with Crippen LogP contribution in [0.25, 0.3) is 0 Å². The van der Waals surface area contributed by atoms with Gasteiger partial charge in [-0.05, 0) is 13.3 Å². The number of hydrogen-bond acceptors (Lipinski definition) is 4. The third-order valence-electron chi connectivity index (χ3n) is 4.78. The van der Waals surface area contributed by atoms with Gasteiger partial charge in [0.2, 0.25) is 0 Å². The Bertz CT molecular complexity index is 398. The molecule has 158 valence electrons. The quantitative estimate of drug-likeness (QED) is 0.179. The molecule has 0 aromatic carbocycles. The molecule has 1 unspecified atom stereocenters. The van der Waals surface area contributed by atoms with E-state index in [1.165, 1.54) is 82.2 Å². The molecule has 1 amide bonds. The van der Waals surface area contributed by atoms with Crippen molar-refractivity contribution in [3.63, 3.8) is 0 Å². The van der Waals surface area contributed by atoms with E-state index in [1.807, 2.05) is 0 Å². The van der Waals surface area contributed by atoms with Crippen LogP contribution in [0.15, 0.2) is 12.7 Å².